The van der Waals surface area contributed by atoms with E-state index in [1.807, 2.05) is 30.3 Å². The van der Waals surface area contributed by atoms with E-state index in [-0.39, 0.29) is 5.97 Å². The normalized spacial score (nSPS) is 10.1. The fraction of sp³-hybridized carbons (Fsp3) is 0.235. The van der Waals surface area contributed by atoms with Gasteiger partial charge in [-0.1, -0.05) is 35.9 Å². The number of ether oxygens (including phenoxy) is 1. The number of esters is 1. The molecule has 104 valence electrons. The standard InChI is InChI=1S/C17H19NO2/c1-14-8-10-16(11-9-14)18(13-12-17(19)20-2)15-6-4-3-5-7-15/h3-11H,12-13H2,1-2H3. The topological polar surface area (TPSA) is 29.5 Å². The Kier molecular flexibility index (Phi) is 4.77. The van der Waals surface area contributed by atoms with Crippen LogP contribution < -0.4 is 4.90 Å². The Balaban J connectivity index is 2.24. The molecule has 0 aliphatic carbocycles. The molecule has 0 radical (unpaired) electrons. The quantitative estimate of drug-likeness (QED) is 0.775. The van der Waals surface area contributed by atoms with Gasteiger partial charge in [0, 0.05) is 17.9 Å². The maximum absolute atomic E-state index is 11.4. The highest BCUT2D eigenvalue weighted by Crippen LogP contribution is 2.25. The summed E-state index contributed by atoms with van der Waals surface area (Å²) in [4.78, 5) is 13.5. The summed E-state index contributed by atoms with van der Waals surface area (Å²) >= 11 is 0. The molecule has 0 atom stereocenters. The van der Waals surface area contributed by atoms with Crippen molar-refractivity contribution in [1.29, 1.82) is 0 Å². The van der Waals surface area contributed by atoms with Crippen LogP contribution in [-0.4, -0.2) is 19.6 Å². The van der Waals surface area contributed by atoms with Crippen LogP contribution in [0, 0.1) is 6.92 Å². The van der Waals surface area contributed by atoms with Gasteiger partial charge < -0.3 is 9.64 Å². The Labute approximate surface area is 119 Å². The zero-order chi connectivity index (χ0) is 14.4. The molecule has 0 aliphatic rings. The minimum Gasteiger partial charge on any atom is -0.469 e. The summed E-state index contributed by atoms with van der Waals surface area (Å²) < 4.78 is 4.73. The van der Waals surface area contributed by atoms with Crippen LogP contribution >= 0.6 is 0 Å². The largest absolute Gasteiger partial charge is 0.469 e. The molecule has 0 heterocycles. The molecule has 0 saturated heterocycles. The average Bonchev–Trinajstić information content (AvgIpc) is 2.50. The number of hydrogen-bond acceptors (Lipinski definition) is 3. The predicted molar refractivity (Wildman–Crippen MR) is 81.3 cm³/mol. The maximum Gasteiger partial charge on any atom is 0.307 e. The first-order chi connectivity index (χ1) is 9.70. The number of carbonyl (C=O) groups is 1. The Morgan fingerprint density at radius 3 is 2.20 bits per heavy atom. The molecule has 0 bridgehead atoms. The van der Waals surface area contributed by atoms with Crippen molar-refractivity contribution in [2.24, 2.45) is 0 Å². The molecule has 0 unspecified atom stereocenters. The molecule has 20 heavy (non-hydrogen) atoms. The minimum absolute atomic E-state index is 0.196. The van der Waals surface area contributed by atoms with Crippen LogP contribution in [0.15, 0.2) is 54.6 Å². The zero-order valence-corrected chi connectivity index (χ0v) is 11.9. The van der Waals surface area contributed by atoms with Gasteiger partial charge in [0.1, 0.15) is 0 Å². The number of anilines is 2. The number of rotatable bonds is 5. The lowest BCUT2D eigenvalue weighted by molar-refractivity contribution is -0.140. The third kappa shape index (κ3) is 3.60. The molecule has 2 rings (SSSR count). The molecule has 3 heteroatoms. The fourth-order valence-electron chi connectivity index (χ4n) is 2.05. The van der Waals surface area contributed by atoms with Gasteiger partial charge in [-0.15, -0.1) is 0 Å². The van der Waals surface area contributed by atoms with Gasteiger partial charge in [0.2, 0.25) is 0 Å². The van der Waals surface area contributed by atoms with Crippen LogP contribution in [0.5, 0.6) is 0 Å². The van der Waals surface area contributed by atoms with Crippen molar-refractivity contribution in [3.05, 3.63) is 60.2 Å². The monoisotopic (exact) mass is 269 g/mol. The van der Waals surface area contributed by atoms with E-state index < -0.39 is 0 Å². The summed E-state index contributed by atoms with van der Waals surface area (Å²) in [6.45, 7) is 2.66. The number of methoxy groups -OCH3 is 1. The summed E-state index contributed by atoms with van der Waals surface area (Å²) in [6, 6.07) is 18.3. The van der Waals surface area contributed by atoms with E-state index in [1.54, 1.807) is 0 Å². The molecule has 0 N–H and O–H groups in total. The maximum atomic E-state index is 11.4. The second-order valence-electron chi connectivity index (χ2n) is 4.65. The number of hydrogen-bond donors (Lipinski definition) is 0. The number of nitrogens with zero attached hydrogens (tertiary/aromatic N) is 1. The first-order valence-electron chi connectivity index (χ1n) is 6.67. The SMILES string of the molecule is COC(=O)CCN(c1ccccc1)c1ccc(C)cc1. The summed E-state index contributed by atoms with van der Waals surface area (Å²) in [5.41, 5.74) is 3.36. The molecule has 0 aromatic heterocycles. The number of benzene rings is 2. The summed E-state index contributed by atoms with van der Waals surface area (Å²) in [5.74, 6) is -0.196. The van der Waals surface area contributed by atoms with E-state index in [0.29, 0.717) is 13.0 Å². The summed E-state index contributed by atoms with van der Waals surface area (Å²) in [5, 5.41) is 0. The summed E-state index contributed by atoms with van der Waals surface area (Å²) in [6.07, 6.45) is 0.360. The van der Waals surface area contributed by atoms with Crippen LogP contribution in [0.2, 0.25) is 0 Å². The van der Waals surface area contributed by atoms with Crippen molar-refractivity contribution in [2.45, 2.75) is 13.3 Å². The number of para-hydroxylation sites is 1. The Morgan fingerprint density at radius 1 is 1.00 bits per heavy atom. The Hall–Kier alpha value is -2.29. The van der Waals surface area contributed by atoms with Gasteiger partial charge in [-0.05, 0) is 31.2 Å². The smallest absolute Gasteiger partial charge is 0.307 e. The Bertz CT molecular complexity index is 549. The highest BCUT2D eigenvalue weighted by Gasteiger charge is 2.11. The van der Waals surface area contributed by atoms with E-state index in [2.05, 4.69) is 36.1 Å². The van der Waals surface area contributed by atoms with Crippen molar-refractivity contribution in [3.8, 4) is 0 Å². The van der Waals surface area contributed by atoms with Gasteiger partial charge in [-0.3, -0.25) is 4.79 Å². The van der Waals surface area contributed by atoms with Crippen LogP contribution in [0.3, 0.4) is 0 Å². The molecule has 0 fully saturated rings. The third-order valence-electron chi connectivity index (χ3n) is 3.18. The Morgan fingerprint density at radius 2 is 1.60 bits per heavy atom. The van der Waals surface area contributed by atoms with Gasteiger partial charge in [0.15, 0.2) is 0 Å². The average molecular weight is 269 g/mol. The van der Waals surface area contributed by atoms with Crippen molar-refractivity contribution in [3.63, 3.8) is 0 Å². The fourth-order valence-corrected chi connectivity index (χ4v) is 2.05. The van der Waals surface area contributed by atoms with E-state index >= 15 is 0 Å². The van der Waals surface area contributed by atoms with Gasteiger partial charge in [0.05, 0.1) is 13.5 Å². The lowest BCUT2D eigenvalue weighted by Gasteiger charge is -2.24. The molecule has 0 saturated carbocycles. The van der Waals surface area contributed by atoms with Crippen molar-refractivity contribution in [1.82, 2.24) is 0 Å². The second-order valence-corrected chi connectivity index (χ2v) is 4.65. The van der Waals surface area contributed by atoms with Gasteiger partial charge in [0.25, 0.3) is 0 Å². The molecular weight excluding hydrogens is 250 g/mol. The van der Waals surface area contributed by atoms with Gasteiger partial charge in [-0.25, -0.2) is 0 Å². The molecule has 0 spiro atoms. The van der Waals surface area contributed by atoms with E-state index in [4.69, 9.17) is 4.74 Å². The highest BCUT2D eigenvalue weighted by atomic mass is 16.5. The van der Waals surface area contributed by atoms with E-state index in [1.165, 1.54) is 12.7 Å². The van der Waals surface area contributed by atoms with Crippen molar-refractivity contribution in [2.75, 3.05) is 18.6 Å². The molecule has 2 aromatic rings. The lowest BCUT2D eigenvalue weighted by Crippen LogP contribution is -2.21. The van der Waals surface area contributed by atoms with E-state index in [0.717, 1.165) is 11.4 Å². The number of carbonyl (C=O) groups excluding carboxylic acids is 1. The molecule has 2 aromatic carbocycles. The minimum atomic E-state index is -0.196. The van der Waals surface area contributed by atoms with Crippen LogP contribution in [-0.2, 0) is 9.53 Å². The second kappa shape index (κ2) is 6.75. The van der Waals surface area contributed by atoms with Gasteiger partial charge >= 0.3 is 5.97 Å². The first-order valence-corrected chi connectivity index (χ1v) is 6.67. The third-order valence-corrected chi connectivity index (χ3v) is 3.18. The highest BCUT2D eigenvalue weighted by molar-refractivity contribution is 5.71. The molecular formula is C17H19NO2. The van der Waals surface area contributed by atoms with Crippen molar-refractivity contribution >= 4 is 17.3 Å². The molecule has 0 amide bonds. The molecule has 3 nitrogen and oxygen atoms in total. The predicted octanol–water partition coefficient (Wildman–Crippen LogP) is 3.70. The number of aryl methyl sites for hydroxylation is 1. The van der Waals surface area contributed by atoms with E-state index in [9.17, 15) is 4.79 Å². The van der Waals surface area contributed by atoms with Crippen molar-refractivity contribution < 1.29 is 9.53 Å². The van der Waals surface area contributed by atoms with Crippen LogP contribution in [0.25, 0.3) is 0 Å². The summed E-state index contributed by atoms with van der Waals surface area (Å²) in [7, 11) is 1.42. The molecule has 0 aliphatic heterocycles. The zero-order valence-electron chi connectivity index (χ0n) is 11.9. The first kappa shape index (κ1) is 14.1. The van der Waals surface area contributed by atoms with Crippen LogP contribution in [0.4, 0.5) is 11.4 Å². The van der Waals surface area contributed by atoms with Crippen LogP contribution in [0.1, 0.15) is 12.0 Å². The lowest BCUT2D eigenvalue weighted by atomic mass is 10.2. The van der Waals surface area contributed by atoms with Gasteiger partial charge in [-0.2, -0.15) is 0 Å².